The van der Waals surface area contributed by atoms with Gasteiger partial charge in [0.05, 0.1) is 11.6 Å². The summed E-state index contributed by atoms with van der Waals surface area (Å²) in [7, 11) is 0. The Hall–Kier alpha value is -1.21. The molecule has 1 aromatic rings. The fraction of sp³-hybridized carbons (Fsp3) is 0.533. The van der Waals surface area contributed by atoms with E-state index in [0.717, 1.165) is 30.5 Å². The van der Waals surface area contributed by atoms with Crippen molar-refractivity contribution >= 4 is 17.7 Å². The maximum Gasteiger partial charge on any atom is 0.416 e. The van der Waals surface area contributed by atoms with E-state index in [1.165, 1.54) is 12.1 Å². The summed E-state index contributed by atoms with van der Waals surface area (Å²) in [6, 6.07) is 5.26. The topological polar surface area (TPSA) is 41.1 Å². The molecule has 1 aliphatic carbocycles. The van der Waals surface area contributed by atoms with E-state index >= 15 is 0 Å². The highest BCUT2D eigenvalue weighted by molar-refractivity contribution is 7.99. The summed E-state index contributed by atoms with van der Waals surface area (Å²) in [5, 5.41) is 5.97. The molecule has 1 aromatic carbocycles. The van der Waals surface area contributed by atoms with Gasteiger partial charge in [-0.3, -0.25) is 10.1 Å². The normalized spacial score (nSPS) is 23.3. The first-order chi connectivity index (χ1) is 10.4. The second-order valence-corrected chi connectivity index (χ2v) is 6.88. The van der Waals surface area contributed by atoms with Gasteiger partial charge in [-0.2, -0.15) is 13.2 Å². The summed E-state index contributed by atoms with van der Waals surface area (Å²) in [6.07, 6.45) is -2.72. The molecular weight excluding hydrogens is 313 g/mol. The lowest BCUT2D eigenvalue weighted by Crippen LogP contribution is -2.44. The van der Waals surface area contributed by atoms with Gasteiger partial charge in [0.15, 0.2) is 0 Å². The molecule has 1 heterocycles. The lowest BCUT2D eigenvalue weighted by atomic mass is 9.94. The Morgan fingerprint density at radius 2 is 2.18 bits per heavy atom. The van der Waals surface area contributed by atoms with Gasteiger partial charge >= 0.3 is 6.18 Å². The van der Waals surface area contributed by atoms with Crippen LogP contribution < -0.4 is 10.6 Å². The average Bonchev–Trinajstić information content (AvgIpc) is 3.08. The zero-order valence-corrected chi connectivity index (χ0v) is 12.7. The third kappa shape index (κ3) is 3.25. The summed E-state index contributed by atoms with van der Waals surface area (Å²) in [6.45, 7) is 0.399. The number of halogens is 3. The number of carbonyl (C=O) groups is 1. The largest absolute Gasteiger partial charge is 0.416 e. The van der Waals surface area contributed by atoms with E-state index in [1.54, 1.807) is 17.8 Å². The average molecular weight is 330 g/mol. The van der Waals surface area contributed by atoms with Crippen LogP contribution in [0.1, 0.15) is 24.0 Å². The maximum absolute atomic E-state index is 12.8. The number of hydrogen-bond acceptors (Lipinski definition) is 3. The molecule has 1 amide bonds. The van der Waals surface area contributed by atoms with Crippen LogP contribution >= 0.6 is 11.8 Å². The van der Waals surface area contributed by atoms with Crippen LogP contribution in [0.2, 0.25) is 0 Å². The van der Waals surface area contributed by atoms with Crippen LogP contribution in [0.25, 0.3) is 0 Å². The van der Waals surface area contributed by atoms with E-state index in [9.17, 15) is 18.0 Å². The predicted octanol–water partition coefficient (Wildman–Crippen LogP) is 2.52. The highest BCUT2D eigenvalue weighted by atomic mass is 32.2. The van der Waals surface area contributed by atoms with E-state index in [2.05, 4.69) is 10.6 Å². The predicted molar refractivity (Wildman–Crippen MR) is 79.6 cm³/mol. The summed E-state index contributed by atoms with van der Waals surface area (Å²) in [4.78, 5) is 12.0. The number of thioether (sulfide) groups is 1. The zero-order chi connectivity index (χ0) is 15.8. The van der Waals surface area contributed by atoms with Crippen LogP contribution in [0.15, 0.2) is 24.3 Å². The molecule has 2 N–H and O–H groups in total. The fourth-order valence-electron chi connectivity index (χ4n) is 2.69. The van der Waals surface area contributed by atoms with Gasteiger partial charge in [-0.1, -0.05) is 18.2 Å². The molecule has 1 atom stereocenters. The minimum Gasteiger partial charge on any atom is -0.354 e. The van der Waals surface area contributed by atoms with Crippen molar-refractivity contribution in [3.05, 3.63) is 35.4 Å². The van der Waals surface area contributed by atoms with E-state index in [-0.39, 0.29) is 17.4 Å². The van der Waals surface area contributed by atoms with Gasteiger partial charge in [0.1, 0.15) is 0 Å². The van der Waals surface area contributed by atoms with Crippen molar-refractivity contribution in [3.8, 4) is 0 Å². The number of carbonyl (C=O) groups excluding carboxylic acids is 1. The maximum atomic E-state index is 12.8. The zero-order valence-electron chi connectivity index (χ0n) is 11.9. The molecule has 2 fully saturated rings. The molecule has 3 rings (SSSR count). The van der Waals surface area contributed by atoms with E-state index < -0.39 is 11.7 Å². The highest BCUT2D eigenvalue weighted by Gasteiger charge is 2.45. The molecule has 3 nitrogen and oxygen atoms in total. The van der Waals surface area contributed by atoms with Gasteiger partial charge in [-0.25, -0.2) is 0 Å². The first kappa shape index (κ1) is 15.7. The number of rotatable bonds is 4. The fourth-order valence-corrected chi connectivity index (χ4v) is 3.63. The molecule has 0 spiro atoms. The van der Waals surface area contributed by atoms with Crippen molar-refractivity contribution in [1.29, 1.82) is 0 Å². The first-order valence-corrected chi connectivity index (χ1v) is 8.33. The quantitative estimate of drug-likeness (QED) is 0.891. The number of nitrogens with one attached hydrogen (secondary N) is 2. The first-order valence-electron chi connectivity index (χ1n) is 7.17. The van der Waals surface area contributed by atoms with Crippen LogP contribution in [0.5, 0.6) is 0 Å². The minimum absolute atomic E-state index is 0.0664. The molecule has 1 saturated carbocycles. The number of hydrogen-bond donors (Lipinski definition) is 2. The standard InChI is InChI=1S/C15H17F3N2OS/c16-15(17,18)11-3-1-2-10(6-11)14(4-5-14)8-19-13(21)12-7-22-9-20-12/h1-3,6,12,20H,4-5,7-9H2,(H,19,21)/t12-/m0/s1. The Labute approximate surface area is 131 Å². The molecule has 0 bridgehead atoms. The lowest BCUT2D eigenvalue weighted by Gasteiger charge is -2.19. The second kappa shape index (κ2) is 5.77. The van der Waals surface area contributed by atoms with Gasteiger partial charge < -0.3 is 5.32 Å². The van der Waals surface area contributed by atoms with Crippen LogP contribution in [-0.2, 0) is 16.4 Å². The van der Waals surface area contributed by atoms with Crippen molar-refractivity contribution in [1.82, 2.24) is 10.6 Å². The van der Waals surface area contributed by atoms with Crippen LogP contribution in [-0.4, -0.2) is 30.1 Å². The molecule has 120 valence electrons. The van der Waals surface area contributed by atoms with Gasteiger partial charge in [-0.15, -0.1) is 11.8 Å². The van der Waals surface area contributed by atoms with E-state index in [1.807, 2.05) is 0 Å². The van der Waals surface area contributed by atoms with Crippen LogP contribution in [0, 0.1) is 0 Å². The molecule has 0 aromatic heterocycles. The van der Waals surface area contributed by atoms with Crippen molar-refractivity contribution in [2.45, 2.75) is 30.5 Å². The summed E-state index contributed by atoms with van der Waals surface area (Å²) in [5.41, 5.74) is -0.296. The minimum atomic E-state index is -4.33. The van der Waals surface area contributed by atoms with Gasteiger partial charge in [0, 0.05) is 23.6 Å². The van der Waals surface area contributed by atoms with Crippen molar-refractivity contribution in [3.63, 3.8) is 0 Å². The number of alkyl halides is 3. The van der Waals surface area contributed by atoms with E-state index in [4.69, 9.17) is 0 Å². The molecule has 1 saturated heterocycles. The van der Waals surface area contributed by atoms with E-state index in [0.29, 0.717) is 12.1 Å². The Kier molecular flexibility index (Phi) is 4.11. The third-order valence-electron chi connectivity index (χ3n) is 4.29. The summed E-state index contributed by atoms with van der Waals surface area (Å²) in [5.74, 6) is 1.43. The molecule has 0 radical (unpaired) electrons. The Balaban J connectivity index is 1.67. The molecule has 22 heavy (non-hydrogen) atoms. The van der Waals surface area contributed by atoms with Crippen molar-refractivity contribution < 1.29 is 18.0 Å². The molecule has 7 heteroatoms. The number of benzene rings is 1. The van der Waals surface area contributed by atoms with Crippen LogP contribution in [0.4, 0.5) is 13.2 Å². The second-order valence-electron chi connectivity index (χ2n) is 5.85. The monoisotopic (exact) mass is 330 g/mol. The Morgan fingerprint density at radius 3 is 2.77 bits per heavy atom. The summed E-state index contributed by atoms with van der Waals surface area (Å²) >= 11 is 1.66. The smallest absolute Gasteiger partial charge is 0.354 e. The van der Waals surface area contributed by atoms with Crippen molar-refractivity contribution in [2.24, 2.45) is 0 Å². The van der Waals surface area contributed by atoms with Crippen molar-refractivity contribution in [2.75, 3.05) is 18.2 Å². The summed E-state index contributed by atoms with van der Waals surface area (Å²) < 4.78 is 38.4. The molecule has 2 aliphatic rings. The Morgan fingerprint density at radius 1 is 1.41 bits per heavy atom. The van der Waals surface area contributed by atoms with Gasteiger partial charge in [0.2, 0.25) is 5.91 Å². The lowest BCUT2D eigenvalue weighted by molar-refractivity contribution is -0.137. The number of amides is 1. The highest BCUT2D eigenvalue weighted by Crippen LogP contribution is 2.48. The Bertz CT molecular complexity index is 566. The van der Waals surface area contributed by atoms with Crippen LogP contribution in [0.3, 0.4) is 0 Å². The third-order valence-corrected chi connectivity index (χ3v) is 5.23. The van der Waals surface area contributed by atoms with Gasteiger partial charge in [-0.05, 0) is 24.5 Å². The van der Waals surface area contributed by atoms with Gasteiger partial charge in [0.25, 0.3) is 0 Å². The molecule has 0 unspecified atom stereocenters. The molecule has 1 aliphatic heterocycles. The molecular formula is C15H17F3N2OS. The SMILES string of the molecule is O=C(NCC1(c2cccc(C(F)(F)F)c2)CC1)[C@@H]1CSCN1.